The molecule has 0 saturated heterocycles. The summed E-state index contributed by atoms with van der Waals surface area (Å²) in [6.45, 7) is 0. The van der Waals surface area contributed by atoms with Gasteiger partial charge in [-0.25, -0.2) is 4.79 Å². The van der Waals surface area contributed by atoms with Gasteiger partial charge in [-0.2, -0.15) is 4.37 Å². The van der Waals surface area contributed by atoms with Crippen LogP contribution in [-0.4, -0.2) is 10.5 Å². The minimum Gasteiger partial charge on any atom is -0.378 e. The van der Waals surface area contributed by atoms with Crippen LogP contribution in [0.5, 0.6) is 0 Å². The van der Waals surface area contributed by atoms with Gasteiger partial charge in [-0.05, 0) is 23.7 Å². The van der Waals surface area contributed by atoms with E-state index in [-0.39, 0.29) is 0 Å². The summed E-state index contributed by atoms with van der Waals surface area (Å²) < 4.78 is 9.28. The van der Waals surface area contributed by atoms with Gasteiger partial charge in [-0.15, -0.1) is 0 Å². The van der Waals surface area contributed by atoms with Crippen molar-refractivity contribution in [1.29, 1.82) is 0 Å². The van der Waals surface area contributed by atoms with Gasteiger partial charge in [0.15, 0.2) is 5.82 Å². The molecule has 72 valence electrons. The van der Waals surface area contributed by atoms with Gasteiger partial charge >= 0.3 is 6.09 Å². The molecule has 1 aromatic heterocycles. The minimum atomic E-state index is -0.635. The first kappa shape index (κ1) is 9.29. The summed E-state index contributed by atoms with van der Waals surface area (Å²) in [6, 6.07) is 7.62. The number of benzene rings is 1. The molecule has 0 aliphatic rings. The van der Waals surface area contributed by atoms with Gasteiger partial charge in [0.1, 0.15) is 0 Å². The maximum Gasteiger partial charge on any atom is 0.424 e. The van der Waals surface area contributed by atoms with Crippen LogP contribution in [0.2, 0.25) is 0 Å². The Hall–Kier alpha value is -1.27. The molecule has 0 saturated carbocycles. The summed E-state index contributed by atoms with van der Waals surface area (Å²) in [5.41, 5.74) is 0. The maximum atomic E-state index is 10.9. The molecular weight excluding hydrogens is 220 g/mol. The fourth-order valence-electron chi connectivity index (χ4n) is 1.10. The molecule has 0 aliphatic heterocycles. The minimum absolute atomic E-state index is 0.504. The summed E-state index contributed by atoms with van der Waals surface area (Å²) in [5.74, 6) is 0.504. The van der Waals surface area contributed by atoms with Crippen LogP contribution >= 0.6 is 24.4 Å². The second-order valence-corrected chi connectivity index (χ2v) is 3.52. The highest BCUT2D eigenvalue weighted by atomic mass is 32.1. The van der Waals surface area contributed by atoms with E-state index in [9.17, 15) is 4.79 Å². The topological polar surface area (TPSA) is 51.2 Å². The number of aromatic nitrogens is 1. The van der Waals surface area contributed by atoms with Crippen LogP contribution in [-0.2, 0) is 4.18 Å². The van der Waals surface area contributed by atoms with Crippen molar-refractivity contribution in [2.75, 3.05) is 5.32 Å². The lowest BCUT2D eigenvalue weighted by Gasteiger charge is -1.97. The number of thiol groups is 1. The molecule has 0 spiro atoms. The number of rotatable bonds is 1. The number of nitrogens with zero attached hydrogens (tertiary/aromatic N) is 1. The van der Waals surface area contributed by atoms with Crippen LogP contribution in [0.4, 0.5) is 10.6 Å². The van der Waals surface area contributed by atoms with Crippen LogP contribution in [0, 0.1) is 0 Å². The molecule has 0 bridgehead atoms. The van der Waals surface area contributed by atoms with Gasteiger partial charge in [-0.3, -0.25) is 5.32 Å². The lowest BCUT2D eigenvalue weighted by atomic mass is 10.3. The third-order valence-corrected chi connectivity index (χ3v) is 2.67. The standard InChI is InChI=1S/C8H6N2O2S2/c11-8(12-13)9-7-5-3-1-2-4-6(5)14-10-7/h1-4,13H,(H,9,10,11). The van der Waals surface area contributed by atoms with Crippen molar-refractivity contribution in [3.05, 3.63) is 24.3 Å². The zero-order valence-corrected chi connectivity index (χ0v) is 8.64. The maximum absolute atomic E-state index is 10.9. The van der Waals surface area contributed by atoms with E-state index in [1.54, 1.807) is 0 Å². The number of hydrogen-bond acceptors (Lipinski definition) is 5. The van der Waals surface area contributed by atoms with Crippen molar-refractivity contribution < 1.29 is 8.98 Å². The highest BCUT2D eigenvalue weighted by molar-refractivity contribution is 7.75. The summed E-state index contributed by atoms with van der Waals surface area (Å²) >= 11 is 4.71. The van der Waals surface area contributed by atoms with E-state index in [1.807, 2.05) is 24.3 Å². The van der Waals surface area contributed by atoms with Gasteiger partial charge in [0, 0.05) is 18.3 Å². The van der Waals surface area contributed by atoms with Crippen LogP contribution in [0.25, 0.3) is 10.1 Å². The Morgan fingerprint density at radius 1 is 1.50 bits per heavy atom. The van der Waals surface area contributed by atoms with E-state index in [1.165, 1.54) is 11.5 Å². The predicted octanol–water partition coefficient (Wildman–Crippen LogP) is 2.69. The monoisotopic (exact) mass is 226 g/mol. The zero-order chi connectivity index (χ0) is 9.97. The number of anilines is 1. The van der Waals surface area contributed by atoms with Crippen molar-refractivity contribution in [1.82, 2.24) is 4.37 Å². The number of carbonyl (C=O) groups is 1. The second-order valence-electron chi connectivity index (χ2n) is 2.53. The fraction of sp³-hybridized carbons (Fsp3) is 0. The second kappa shape index (κ2) is 3.85. The molecule has 14 heavy (non-hydrogen) atoms. The Bertz CT molecular complexity index is 469. The van der Waals surface area contributed by atoms with Crippen LogP contribution in [0.1, 0.15) is 0 Å². The van der Waals surface area contributed by atoms with Crippen molar-refractivity contribution in [3.8, 4) is 0 Å². The van der Waals surface area contributed by atoms with Crippen molar-refractivity contribution in [2.45, 2.75) is 0 Å². The molecule has 1 aromatic carbocycles. The molecule has 0 atom stereocenters. The number of amides is 1. The van der Waals surface area contributed by atoms with Gasteiger partial charge in [0.05, 0.1) is 4.70 Å². The molecule has 0 unspecified atom stereocenters. The van der Waals surface area contributed by atoms with Crippen molar-refractivity contribution >= 4 is 46.4 Å². The zero-order valence-electron chi connectivity index (χ0n) is 6.93. The molecule has 6 heteroatoms. The molecule has 1 amide bonds. The molecule has 1 heterocycles. The van der Waals surface area contributed by atoms with Crippen LogP contribution < -0.4 is 5.32 Å². The summed E-state index contributed by atoms with van der Waals surface area (Å²) in [6.07, 6.45) is -0.635. The largest absolute Gasteiger partial charge is 0.424 e. The molecule has 2 rings (SSSR count). The van der Waals surface area contributed by atoms with Crippen molar-refractivity contribution in [2.24, 2.45) is 0 Å². The highest BCUT2D eigenvalue weighted by Crippen LogP contribution is 2.26. The lowest BCUT2D eigenvalue weighted by molar-refractivity contribution is 0.223. The normalized spacial score (nSPS) is 10.1. The van der Waals surface area contributed by atoms with Crippen LogP contribution in [0.15, 0.2) is 24.3 Å². The average molecular weight is 226 g/mol. The Labute approximate surface area is 89.7 Å². The van der Waals surface area contributed by atoms with Gasteiger partial charge in [-0.1, -0.05) is 12.1 Å². The van der Waals surface area contributed by atoms with Crippen molar-refractivity contribution in [3.63, 3.8) is 0 Å². The van der Waals surface area contributed by atoms with E-state index in [4.69, 9.17) is 0 Å². The first-order chi connectivity index (χ1) is 6.81. The first-order valence-electron chi connectivity index (χ1n) is 3.78. The average Bonchev–Trinajstić information content (AvgIpc) is 2.62. The van der Waals surface area contributed by atoms with Gasteiger partial charge in [0.25, 0.3) is 0 Å². The molecule has 4 nitrogen and oxygen atoms in total. The van der Waals surface area contributed by atoms with E-state index in [0.717, 1.165) is 10.1 Å². The number of carbonyl (C=O) groups excluding carboxylic acids is 1. The third kappa shape index (κ3) is 1.66. The van der Waals surface area contributed by atoms with Crippen LogP contribution in [0.3, 0.4) is 0 Å². The Balaban J connectivity index is 2.38. The molecule has 0 fully saturated rings. The smallest absolute Gasteiger partial charge is 0.378 e. The Morgan fingerprint density at radius 3 is 3.07 bits per heavy atom. The molecular formula is C8H6N2O2S2. The Kier molecular flexibility index (Phi) is 2.55. The first-order valence-corrected chi connectivity index (χ1v) is 4.92. The molecule has 1 N–H and O–H groups in total. The number of nitrogens with one attached hydrogen (secondary N) is 1. The molecule has 2 aromatic rings. The molecule has 0 radical (unpaired) electrons. The number of hydrogen-bond donors (Lipinski definition) is 2. The Morgan fingerprint density at radius 2 is 2.29 bits per heavy atom. The van der Waals surface area contributed by atoms with E-state index >= 15 is 0 Å². The fourth-order valence-corrected chi connectivity index (χ4v) is 1.88. The van der Waals surface area contributed by atoms with E-state index < -0.39 is 6.09 Å². The van der Waals surface area contributed by atoms with Gasteiger partial charge < -0.3 is 4.18 Å². The summed E-state index contributed by atoms with van der Waals surface area (Å²) in [5, 5.41) is 3.38. The lowest BCUT2D eigenvalue weighted by Crippen LogP contribution is -2.08. The van der Waals surface area contributed by atoms with Gasteiger partial charge in [0.2, 0.25) is 0 Å². The third-order valence-electron chi connectivity index (χ3n) is 1.68. The van der Waals surface area contributed by atoms with E-state index in [0.29, 0.717) is 5.82 Å². The summed E-state index contributed by atoms with van der Waals surface area (Å²) in [4.78, 5) is 10.9. The van der Waals surface area contributed by atoms with E-state index in [2.05, 4.69) is 26.8 Å². The quantitative estimate of drug-likeness (QED) is 0.580. The highest BCUT2D eigenvalue weighted by Gasteiger charge is 2.08. The predicted molar refractivity (Wildman–Crippen MR) is 58.7 cm³/mol. The SMILES string of the molecule is O=C(Nc1nsc2ccccc12)OS. The number of fused-ring (bicyclic) bond motifs is 1. The summed E-state index contributed by atoms with van der Waals surface area (Å²) in [7, 11) is 0. The molecule has 0 aliphatic carbocycles.